The first-order valence-corrected chi connectivity index (χ1v) is 11.4. The second-order valence-corrected chi connectivity index (χ2v) is 8.90. The Bertz CT molecular complexity index is 1120. The number of carbonyl (C=O) groups excluding carboxylic acids is 1. The smallest absolute Gasteiger partial charge is 0.260 e. The number of hydrogen-bond donors (Lipinski definition) is 0. The Morgan fingerprint density at radius 2 is 1.94 bits per heavy atom. The fourth-order valence-electron chi connectivity index (χ4n) is 3.80. The van der Waals surface area contributed by atoms with E-state index in [9.17, 15) is 4.79 Å². The molecule has 0 radical (unpaired) electrons. The Balaban J connectivity index is 1.79. The molecule has 2 aromatic carbocycles. The zero-order chi connectivity index (χ0) is 22.8. The van der Waals surface area contributed by atoms with Crippen molar-refractivity contribution in [1.82, 2.24) is 4.98 Å². The lowest BCUT2D eigenvalue weighted by Crippen LogP contribution is -2.37. The summed E-state index contributed by atoms with van der Waals surface area (Å²) < 4.78 is 23.1. The Labute approximate surface area is 195 Å². The summed E-state index contributed by atoms with van der Waals surface area (Å²) >= 11 is 7.75. The minimum atomic E-state index is -0.220. The highest BCUT2D eigenvalue weighted by atomic mass is 35.5. The van der Waals surface area contributed by atoms with Crippen LogP contribution in [-0.2, 0) is 4.74 Å². The predicted octanol–water partition coefficient (Wildman–Crippen LogP) is 5.11. The topological polar surface area (TPSA) is 70.1 Å². The highest BCUT2D eigenvalue weighted by Gasteiger charge is 2.29. The number of thiazole rings is 1. The molecule has 1 fully saturated rings. The molecule has 0 spiro atoms. The number of halogens is 1. The largest absolute Gasteiger partial charge is 0.493 e. The van der Waals surface area contributed by atoms with Crippen molar-refractivity contribution in [2.75, 3.05) is 39.4 Å². The van der Waals surface area contributed by atoms with Crippen LogP contribution < -0.4 is 19.1 Å². The van der Waals surface area contributed by atoms with Gasteiger partial charge in [-0.1, -0.05) is 22.9 Å². The number of aromatic nitrogens is 1. The molecule has 32 heavy (non-hydrogen) atoms. The normalized spacial score (nSPS) is 15.7. The van der Waals surface area contributed by atoms with Crippen molar-refractivity contribution in [1.29, 1.82) is 0 Å². The molecule has 0 N–H and O–H groups in total. The van der Waals surface area contributed by atoms with Gasteiger partial charge in [-0.15, -0.1) is 0 Å². The molecular formula is C23H25ClN2O5S. The second kappa shape index (κ2) is 9.52. The molecule has 1 saturated heterocycles. The number of benzene rings is 2. The molecule has 1 unspecified atom stereocenters. The van der Waals surface area contributed by atoms with Crippen LogP contribution in [-0.4, -0.2) is 51.5 Å². The van der Waals surface area contributed by atoms with Gasteiger partial charge in [-0.25, -0.2) is 4.98 Å². The lowest BCUT2D eigenvalue weighted by Gasteiger charge is -2.24. The lowest BCUT2D eigenvalue weighted by atomic mass is 10.1. The number of carbonyl (C=O) groups is 1. The first-order chi connectivity index (χ1) is 15.5. The summed E-state index contributed by atoms with van der Waals surface area (Å²) in [5.41, 5.74) is 2.10. The van der Waals surface area contributed by atoms with E-state index < -0.39 is 0 Å². The number of nitrogens with zero attached hydrogens (tertiary/aromatic N) is 2. The average molecular weight is 477 g/mol. The first-order valence-electron chi connectivity index (χ1n) is 10.3. The van der Waals surface area contributed by atoms with Crippen LogP contribution in [0.25, 0.3) is 10.2 Å². The molecule has 0 saturated carbocycles. The van der Waals surface area contributed by atoms with Gasteiger partial charge in [-0.2, -0.15) is 0 Å². The number of amides is 1. The van der Waals surface area contributed by atoms with Gasteiger partial charge in [-0.3, -0.25) is 9.69 Å². The van der Waals surface area contributed by atoms with Crippen LogP contribution in [0.3, 0.4) is 0 Å². The minimum Gasteiger partial charge on any atom is -0.493 e. The Hall–Kier alpha value is -2.55. The van der Waals surface area contributed by atoms with E-state index in [0.29, 0.717) is 46.1 Å². The zero-order valence-corrected chi connectivity index (χ0v) is 20.0. The molecule has 3 aromatic rings. The van der Waals surface area contributed by atoms with Crippen LogP contribution in [0.4, 0.5) is 5.13 Å². The quantitative estimate of drug-likeness (QED) is 0.472. The fourth-order valence-corrected chi connectivity index (χ4v) is 4.99. The maximum absolute atomic E-state index is 13.8. The summed E-state index contributed by atoms with van der Waals surface area (Å²) in [6, 6.07) is 7.09. The van der Waals surface area contributed by atoms with Crippen LogP contribution in [0.2, 0.25) is 5.02 Å². The molecule has 0 bridgehead atoms. The average Bonchev–Trinajstić information content (AvgIpc) is 3.48. The molecule has 1 atom stereocenters. The second-order valence-electron chi connectivity index (χ2n) is 7.48. The molecule has 2 heterocycles. The fraction of sp³-hybridized carbons (Fsp3) is 0.391. The Kier molecular flexibility index (Phi) is 6.74. The molecule has 1 aliphatic heterocycles. The molecule has 1 aromatic heterocycles. The maximum Gasteiger partial charge on any atom is 0.260 e. The van der Waals surface area contributed by atoms with Crippen molar-refractivity contribution in [3.8, 4) is 17.2 Å². The van der Waals surface area contributed by atoms with Gasteiger partial charge in [0.05, 0.1) is 44.2 Å². The van der Waals surface area contributed by atoms with Crippen molar-refractivity contribution in [2.45, 2.75) is 25.9 Å². The molecule has 7 nitrogen and oxygen atoms in total. The highest BCUT2D eigenvalue weighted by Crippen LogP contribution is 2.40. The molecule has 170 valence electrons. The summed E-state index contributed by atoms with van der Waals surface area (Å²) in [5.74, 6) is 1.04. The number of anilines is 1. The first kappa shape index (κ1) is 22.6. The number of ether oxygens (including phenoxy) is 4. The standard InChI is InChI=1S/C23H25ClN2O5S/c1-13-16(24)7-8-19-20(13)25-23(32-19)26(12-15-6-5-9-31-15)22(27)14-10-17(28-2)21(30-4)18(11-14)29-3/h7-8,10-11,15H,5-6,9,12H2,1-4H3. The van der Waals surface area contributed by atoms with Crippen LogP contribution in [0, 0.1) is 6.92 Å². The van der Waals surface area contributed by atoms with Crippen molar-refractivity contribution < 1.29 is 23.7 Å². The predicted molar refractivity (Wildman–Crippen MR) is 126 cm³/mol. The van der Waals surface area contributed by atoms with Gasteiger partial charge in [-0.05, 0) is 49.6 Å². The zero-order valence-electron chi connectivity index (χ0n) is 18.4. The van der Waals surface area contributed by atoms with Crippen molar-refractivity contribution in [3.05, 3.63) is 40.4 Å². The van der Waals surface area contributed by atoms with Crippen LogP contribution in [0.15, 0.2) is 24.3 Å². The van der Waals surface area contributed by atoms with Gasteiger partial charge >= 0.3 is 0 Å². The maximum atomic E-state index is 13.8. The Morgan fingerprint density at radius 1 is 1.22 bits per heavy atom. The summed E-state index contributed by atoms with van der Waals surface area (Å²) in [5, 5.41) is 1.25. The van der Waals surface area contributed by atoms with E-state index >= 15 is 0 Å². The number of aryl methyl sites for hydroxylation is 1. The summed E-state index contributed by atoms with van der Waals surface area (Å²) in [7, 11) is 4.58. The van der Waals surface area contributed by atoms with Crippen LogP contribution in [0.1, 0.15) is 28.8 Å². The van der Waals surface area contributed by atoms with Gasteiger partial charge in [0.2, 0.25) is 5.75 Å². The summed E-state index contributed by atoms with van der Waals surface area (Å²) in [6.45, 7) is 3.03. The third-order valence-corrected chi connectivity index (χ3v) is 6.99. The van der Waals surface area contributed by atoms with E-state index in [0.717, 1.165) is 28.6 Å². The van der Waals surface area contributed by atoms with E-state index in [1.165, 1.54) is 32.7 Å². The van der Waals surface area contributed by atoms with E-state index in [1.807, 2.05) is 19.1 Å². The van der Waals surface area contributed by atoms with Gasteiger partial charge < -0.3 is 18.9 Å². The SMILES string of the molecule is COc1cc(C(=O)N(CC2CCCO2)c2nc3c(C)c(Cl)ccc3s2)cc(OC)c1OC. The molecule has 0 aliphatic carbocycles. The monoisotopic (exact) mass is 476 g/mol. The Morgan fingerprint density at radius 3 is 2.53 bits per heavy atom. The van der Waals surface area contributed by atoms with Gasteiger partial charge in [0.1, 0.15) is 0 Å². The minimum absolute atomic E-state index is 0.0438. The van der Waals surface area contributed by atoms with Crippen LogP contribution in [0.5, 0.6) is 17.2 Å². The van der Waals surface area contributed by atoms with Crippen molar-refractivity contribution in [3.63, 3.8) is 0 Å². The van der Waals surface area contributed by atoms with E-state index in [4.69, 9.17) is 35.5 Å². The van der Waals surface area contributed by atoms with E-state index in [1.54, 1.807) is 17.0 Å². The van der Waals surface area contributed by atoms with Gasteiger partial charge in [0.15, 0.2) is 16.6 Å². The third kappa shape index (κ3) is 4.22. The third-order valence-electron chi connectivity index (χ3n) is 5.53. The van der Waals surface area contributed by atoms with Crippen molar-refractivity contribution >= 4 is 44.2 Å². The summed E-state index contributed by atoms with van der Waals surface area (Å²) in [6.07, 6.45) is 1.83. The number of hydrogen-bond acceptors (Lipinski definition) is 7. The van der Waals surface area contributed by atoms with E-state index in [2.05, 4.69) is 0 Å². The lowest BCUT2D eigenvalue weighted by molar-refractivity contribution is 0.0917. The highest BCUT2D eigenvalue weighted by molar-refractivity contribution is 7.22. The molecular weight excluding hydrogens is 452 g/mol. The molecule has 1 aliphatic rings. The number of methoxy groups -OCH3 is 3. The number of fused-ring (bicyclic) bond motifs is 1. The molecule has 1 amide bonds. The van der Waals surface area contributed by atoms with E-state index in [-0.39, 0.29) is 12.0 Å². The molecule has 4 rings (SSSR count). The van der Waals surface area contributed by atoms with Gasteiger partial charge in [0.25, 0.3) is 5.91 Å². The van der Waals surface area contributed by atoms with Crippen LogP contribution >= 0.6 is 22.9 Å². The van der Waals surface area contributed by atoms with Gasteiger partial charge in [0, 0.05) is 17.2 Å². The molecule has 9 heteroatoms. The summed E-state index contributed by atoms with van der Waals surface area (Å²) in [4.78, 5) is 20.2. The number of rotatable bonds is 7. The van der Waals surface area contributed by atoms with Crippen molar-refractivity contribution in [2.24, 2.45) is 0 Å².